The number of rotatable bonds is 5. The number of pyridine rings is 1. The molecule has 2 atom stereocenters. The topological polar surface area (TPSA) is 70.4 Å². The standard InChI is InChI=1S/C10H11BrFNO3/c11-2-1-8(15)9(16)6-3-7(5-14)10(12)13-4-6/h3-5,8-9,15-16H,1-2H2. The van der Waals surface area contributed by atoms with Crippen molar-refractivity contribution in [2.24, 2.45) is 0 Å². The van der Waals surface area contributed by atoms with Crippen molar-refractivity contribution in [2.75, 3.05) is 5.33 Å². The Bertz CT molecular complexity index is 375. The number of carbonyl (C=O) groups is 1. The van der Waals surface area contributed by atoms with E-state index in [0.29, 0.717) is 18.0 Å². The summed E-state index contributed by atoms with van der Waals surface area (Å²) in [5.74, 6) is -0.888. The molecule has 0 saturated carbocycles. The summed E-state index contributed by atoms with van der Waals surface area (Å²) >= 11 is 3.13. The first-order valence-electron chi connectivity index (χ1n) is 4.63. The van der Waals surface area contributed by atoms with Gasteiger partial charge in [0.05, 0.1) is 11.7 Å². The van der Waals surface area contributed by atoms with Gasteiger partial charge in [0.1, 0.15) is 6.10 Å². The predicted octanol–water partition coefficient (Wildman–Crippen LogP) is 1.21. The number of hydrogen-bond donors (Lipinski definition) is 2. The van der Waals surface area contributed by atoms with Crippen LogP contribution < -0.4 is 0 Å². The molecule has 0 saturated heterocycles. The van der Waals surface area contributed by atoms with E-state index in [1.165, 1.54) is 6.07 Å². The average molecular weight is 292 g/mol. The minimum Gasteiger partial charge on any atom is -0.390 e. The summed E-state index contributed by atoms with van der Waals surface area (Å²) in [6, 6.07) is 1.18. The van der Waals surface area contributed by atoms with Crippen LogP contribution in [0.3, 0.4) is 0 Å². The Labute approximate surface area is 100 Å². The normalized spacial score (nSPS) is 14.5. The Hall–Kier alpha value is -0.850. The van der Waals surface area contributed by atoms with Crippen LogP contribution in [-0.2, 0) is 0 Å². The monoisotopic (exact) mass is 291 g/mol. The maximum Gasteiger partial charge on any atom is 0.223 e. The average Bonchev–Trinajstić information content (AvgIpc) is 2.29. The minimum atomic E-state index is -1.18. The van der Waals surface area contributed by atoms with E-state index in [4.69, 9.17) is 0 Å². The van der Waals surface area contributed by atoms with Crippen LogP contribution in [0.4, 0.5) is 4.39 Å². The van der Waals surface area contributed by atoms with Gasteiger partial charge >= 0.3 is 0 Å². The zero-order valence-electron chi connectivity index (χ0n) is 8.31. The summed E-state index contributed by atoms with van der Waals surface area (Å²) < 4.78 is 12.9. The van der Waals surface area contributed by atoms with Gasteiger partial charge in [-0.15, -0.1) is 0 Å². The number of aliphatic hydroxyl groups is 2. The van der Waals surface area contributed by atoms with Crippen LogP contribution in [0.2, 0.25) is 0 Å². The van der Waals surface area contributed by atoms with Gasteiger partial charge in [-0.3, -0.25) is 4.79 Å². The van der Waals surface area contributed by atoms with E-state index in [-0.39, 0.29) is 11.1 Å². The zero-order chi connectivity index (χ0) is 12.1. The zero-order valence-corrected chi connectivity index (χ0v) is 9.89. The molecule has 4 nitrogen and oxygen atoms in total. The lowest BCUT2D eigenvalue weighted by molar-refractivity contribution is 0.0170. The first kappa shape index (κ1) is 13.2. The lowest BCUT2D eigenvalue weighted by atomic mass is 10.0. The highest BCUT2D eigenvalue weighted by atomic mass is 79.9. The van der Waals surface area contributed by atoms with Crippen molar-refractivity contribution in [3.05, 3.63) is 29.3 Å². The number of nitrogens with zero attached hydrogens (tertiary/aromatic N) is 1. The summed E-state index contributed by atoms with van der Waals surface area (Å²) in [6.07, 6.45) is -0.398. The van der Waals surface area contributed by atoms with Crippen LogP contribution >= 0.6 is 15.9 Å². The van der Waals surface area contributed by atoms with E-state index >= 15 is 0 Å². The number of alkyl halides is 1. The summed E-state index contributed by atoms with van der Waals surface area (Å²) in [6.45, 7) is 0. The fourth-order valence-electron chi connectivity index (χ4n) is 1.22. The molecule has 1 aromatic heterocycles. The molecule has 2 N–H and O–H groups in total. The fraction of sp³-hybridized carbons (Fsp3) is 0.400. The van der Waals surface area contributed by atoms with Crippen molar-refractivity contribution in [1.29, 1.82) is 0 Å². The van der Waals surface area contributed by atoms with Crippen LogP contribution in [0.25, 0.3) is 0 Å². The van der Waals surface area contributed by atoms with E-state index in [9.17, 15) is 19.4 Å². The Morgan fingerprint density at radius 3 is 2.81 bits per heavy atom. The highest BCUT2D eigenvalue weighted by Gasteiger charge is 2.19. The molecule has 0 aliphatic carbocycles. The van der Waals surface area contributed by atoms with Gasteiger partial charge in [-0.05, 0) is 12.5 Å². The van der Waals surface area contributed by atoms with Crippen molar-refractivity contribution in [3.8, 4) is 0 Å². The Balaban J connectivity index is 2.91. The number of carbonyl (C=O) groups excluding carboxylic acids is 1. The second-order valence-corrected chi connectivity index (χ2v) is 4.05. The van der Waals surface area contributed by atoms with Crippen LogP contribution in [0.15, 0.2) is 12.3 Å². The van der Waals surface area contributed by atoms with E-state index in [0.717, 1.165) is 6.20 Å². The first-order valence-corrected chi connectivity index (χ1v) is 5.75. The fourth-order valence-corrected chi connectivity index (χ4v) is 1.69. The smallest absolute Gasteiger partial charge is 0.223 e. The van der Waals surface area contributed by atoms with Gasteiger partial charge in [-0.1, -0.05) is 15.9 Å². The molecule has 0 bridgehead atoms. The maximum atomic E-state index is 12.9. The van der Waals surface area contributed by atoms with Crippen molar-refractivity contribution < 1.29 is 19.4 Å². The number of aldehydes is 1. The molecule has 0 amide bonds. The van der Waals surface area contributed by atoms with Crippen LogP contribution in [-0.4, -0.2) is 32.9 Å². The molecule has 6 heteroatoms. The van der Waals surface area contributed by atoms with Gasteiger partial charge in [-0.2, -0.15) is 4.39 Å². The van der Waals surface area contributed by atoms with E-state index in [1.54, 1.807) is 0 Å². The summed E-state index contributed by atoms with van der Waals surface area (Å²) in [7, 11) is 0. The molecule has 0 aliphatic rings. The van der Waals surface area contributed by atoms with Crippen LogP contribution in [0, 0.1) is 5.95 Å². The van der Waals surface area contributed by atoms with Crippen molar-refractivity contribution in [1.82, 2.24) is 4.98 Å². The molecule has 16 heavy (non-hydrogen) atoms. The highest BCUT2D eigenvalue weighted by Crippen LogP contribution is 2.20. The Morgan fingerprint density at radius 2 is 2.25 bits per heavy atom. The molecule has 0 fully saturated rings. The lowest BCUT2D eigenvalue weighted by Gasteiger charge is -2.17. The van der Waals surface area contributed by atoms with E-state index in [1.807, 2.05) is 0 Å². The highest BCUT2D eigenvalue weighted by molar-refractivity contribution is 9.09. The SMILES string of the molecule is O=Cc1cc(C(O)C(O)CCBr)cnc1F. The minimum absolute atomic E-state index is 0.219. The van der Waals surface area contributed by atoms with Gasteiger partial charge in [0.2, 0.25) is 5.95 Å². The van der Waals surface area contributed by atoms with Crippen molar-refractivity contribution in [3.63, 3.8) is 0 Å². The van der Waals surface area contributed by atoms with Crippen molar-refractivity contribution in [2.45, 2.75) is 18.6 Å². The Kier molecular flexibility index (Phi) is 4.98. The molecule has 0 radical (unpaired) electrons. The molecule has 0 aromatic carbocycles. The third kappa shape index (κ3) is 3.07. The molecule has 2 unspecified atom stereocenters. The number of hydrogen-bond acceptors (Lipinski definition) is 4. The van der Waals surface area contributed by atoms with Gasteiger partial charge in [-0.25, -0.2) is 4.98 Å². The number of aliphatic hydroxyl groups excluding tert-OH is 2. The second kappa shape index (κ2) is 6.03. The first-order chi connectivity index (χ1) is 7.60. The third-order valence-electron chi connectivity index (χ3n) is 2.13. The summed E-state index contributed by atoms with van der Waals surface area (Å²) in [5.41, 5.74) is -0.0143. The molecule has 0 aliphatic heterocycles. The second-order valence-electron chi connectivity index (χ2n) is 3.26. The predicted molar refractivity (Wildman–Crippen MR) is 59.0 cm³/mol. The van der Waals surface area contributed by atoms with Gasteiger partial charge in [0.15, 0.2) is 6.29 Å². The van der Waals surface area contributed by atoms with E-state index < -0.39 is 18.2 Å². The lowest BCUT2D eigenvalue weighted by Crippen LogP contribution is -2.19. The molecule has 1 heterocycles. The largest absolute Gasteiger partial charge is 0.390 e. The van der Waals surface area contributed by atoms with Gasteiger partial charge in [0, 0.05) is 17.1 Å². The quantitative estimate of drug-likeness (QED) is 0.486. The molecule has 1 rings (SSSR count). The summed E-state index contributed by atoms with van der Waals surface area (Å²) in [4.78, 5) is 13.8. The summed E-state index contributed by atoms with van der Waals surface area (Å²) in [5, 5.41) is 19.7. The molecular formula is C10H11BrFNO3. The molecule has 88 valence electrons. The molecule has 0 spiro atoms. The van der Waals surface area contributed by atoms with Crippen LogP contribution in [0.5, 0.6) is 0 Å². The maximum absolute atomic E-state index is 12.9. The van der Waals surface area contributed by atoms with Crippen LogP contribution in [0.1, 0.15) is 28.4 Å². The Morgan fingerprint density at radius 1 is 1.56 bits per heavy atom. The molecule has 1 aromatic rings. The van der Waals surface area contributed by atoms with Crippen molar-refractivity contribution >= 4 is 22.2 Å². The van der Waals surface area contributed by atoms with Gasteiger partial charge < -0.3 is 10.2 Å². The van der Waals surface area contributed by atoms with E-state index in [2.05, 4.69) is 20.9 Å². The molecular weight excluding hydrogens is 281 g/mol. The van der Waals surface area contributed by atoms with Gasteiger partial charge in [0.25, 0.3) is 0 Å². The third-order valence-corrected chi connectivity index (χ3v) is 2.58. The number of halogens is 2. The number of aromatic nitrogens is 1.